The maximum Gasteiger partial charge on any atom is 0.325 e. The Balaban J connectivity index is 1.97. The van der Waals surface area contributed by atoms with E-state index in [1.54, 1.807) is 0 Å². The smallest absolute Gasteiger partial charge is 0.325 e. The molecular formula is C15H29N3O2. The predicted octanol–water partition coefficient (Wildman–Crippen LogP) is 0.855. The van der Waals surface area contributed by atoms with Gasteiger partial charge in [-0.05, 0) is 58.8 Å². The van der Waals surface area contributed by atoms with Crippen molar-refractivity contribution in [1.29, 1.82) is 0 Å². The molecule has 1 aliphatic heterocycles. The molecule has 5 nitrogen and oxygen atoms in total. The van der Waals surface area contributed by atoms with Gasteiger partial charge in [0, 0.05) is 19.1 Å². The van der Waals surface area contributed by atoms with Crippen molar-refractivity contribution in [3.8, 4) is 0 Å². The first-order valence-electron chi connectivity index (χ1n) is 7.86. The van der Waals surface area contributed by atoms with Crippen LogP contribution in [0.15, 0.2) is 0 Å². The Bertz CT molecular complexity index is 346. The third kappa shape index (κ3) is 3.32. The lowest BCUT2D eigenvalue weighted by atomic mass is 9.92. The van der Waals surface area contributed by atoms with Gasteiger partial charge in [-0.3, -0.25) is 4.79 Å². The summed E-state index contributed by atoms with van der Waals surface area (Å²) in [6, 6.07) is 0.576. The highest BCUT2D eigenvalue weighted by atomic mass is 16.4. The monoisotopic (exact) mass is 283 g/mol. The van der Waals surface area contributed by atoms with E-state index in [0.717, 1.165) is 19.4 Å². The van der Waals surface area contributed by atoms with Crippen LogP contribution in [-0.4, -0.2) is 72.7 Å². The van der Waals surface area contributed by atoms with Crippen molar-refractivity contribution in [1.82, 2.24) is 15.1 Å². The quantitative estimate of drug-likeness (QED) is 0.692. The van der Waals surface area contributed by atoms with Gasteiger partial charge >= 0.3 is 5.97 Å². The number of carboxylic acid groups (broad SMARTS) is 1. The molecule has 2 rings (SSSR count). The fourth-order valence-electron chi connectivity index (χ4n) is 3.60. The number of carbonyl (C=O) groups is 1. The zero-order valence-corrected chi connectivity index (χ0v) is 13.1. The van der Waals surface area contributed by atoms with Gasteiger partial charge in [-0.2, -0.15) is 0 Å². The van der Waals surface area contributed by atoms with E-state index < -0.39 is 11.5 Å². The number of hydrogen-bond donors (Lipinski definition) is 2. The third-order valence-corrected chi connectivity index (χ3v) is 4.86. The molecule has 2 aliphatic rings. The second-order valence-electron chi connectivity index (χ2n) is 6.55. The summed E-state index contributed by atoms with van der Waals surface area (Å²) in [5.41, 5.74) is -0.749. The van der Waals surface area contributed by atoms with Crippen LogP contribution in [0, 0.1) is 5.92 Å². The zero-order valence-electron chi connectivity index (χ0n) is 13.1. The Kier molecular flexibility index (Phi) is 5.04. The van der Waals surface area contributed by atoms with E-state index in [1.807, 2.05) is 6.92 Å². The first-order chi connectivity index (χ1) is 9.49. The molecule has 0 amide bonds. The molecule has 116 valence electrons. The SMILES string of the molecule is CCNC(CN(C)CC1CCCN1C)(C(=O)O)C1CC1. The lowest BCUT2D eigenvalue weighted by molar-refractivity contribution is -0.147. The second-order valence-corrected chi connectivity index (χ2v) is 6.55. The van der Waals surface area contributed by atoms with Gasteiger partial charge in [0.15, 0.2) is 0 Å². The first-order valence-corrected chi connectivity index (χ1v) is 7.86. The number of nitrogens with one attached hydrogen (secondary N) is 1. The van der Waals surface area contributed by atoms with Crippen LogP contribution < -0.4 is 5.32 Å². The summed E-state index contributed by atoms with van der Waals surface area (Å²) in [6.07, 6.45) is 4.56. The molecule has 2 unspecified atom stereocenters. The standard InChI is InChI=1S/C15H29N3O2/c1-4-16-15(14(19)20,12-7-8-12)11-17(2)10-13-6-5-9-18(13)3/h12-13,16H,4-11H2,1-3H3,(H,19,20). The largest absolute Gasteiger partial charge is 0.480 e. The first kappa shape index (κ1) is 15.7. The van der Waals surface area contributed by atoms with E-state index >= 15 is 0 Å². The van der Waals surface area contributed by atoms with Crippen LogP contribution in [0.3, 0.4) is 0 Å². The Labute approximate surface area is 122 Å². The molecule has 1 heterocycles. The van der Waals surface area contributed by atoms with Gasteiger partial charge in [0.05, 0.1) is 0 Å². The summed E-state index contributed by atoms with van der Waals surface area (Å²) < 4.78 is 0. The van der Waals surface area contributed by atoms with E-state index in [9.17, 15) is 9.90 Å². The summed E-state index contributed by atoms with van der Waals surface area (Å²) in [4.78, 5) is 16.4. The second kappa shape index (κ2) is 6.41. The number of carboxylic acids is 1. The Morgan fingerprint density at radius 2 is 2.15 bits per heavy atom. The van der Waals surface area contributed by atoms with Gasteiger partial charge in [0.25, 0.3) is 0 Å². The highest BCUT2D eigenvalue weighted by molar-refractivity contribution is 5.80. The molecule has 1 aliphatic carbocycles. The van der Waals surface area contributed by atoms with Gasteiger partial charge in [0.1, 0.15) is 5.54 Å². The van der Waals surface area contributed by atoms with Gasteiger partial charge in [-0.1, -0.05) is 6.92 Å². The molecule has 0 aromatic carbocycles. The normalized spacial score (nSPS) is 26.9. The van der Waals surface area contributed by atoms with E-state index in [2.05, 4.69) is 29.2 Å². The molecular weight excluding hydrogens is 254 g/mol. The molecule has 2 atom stereocenters. The van der Waals surface area contributed by atoms with Gasteiger partial charge in [-0.15, -0.1) is 0 Å². The summed E-state index contributed by atoms with van der Waals surface area (Å²) >= 11 is 0. The summed E-state index contributed by atoms with van der Waals surface area (Å²) in [6.45, 7) is 5.43. The molecule has 0 bridgehead atoms. The van der Waals surface area contributed by atoms with Crippen LogP contribution in [-0.2, 0) is 4.79 Å². The van der Waals surface area contributed by atoms with E-state index in [1.165, 1.54) is 19.4 Å². The maximum atomic E-state index is 11.8. The fraction of sp³-hybridized carbons (Fsp3) is 0.933. The average molecular weight is 283 g/mol. The van der Waals surface area contributed by atoms with E-state index in [4.69, 9.17) is 0 Å². The summed E-state index contributed by atoms with van der Waals surface area (Å²) in [5, 5.41) is 13.0. The van der Waals surface area contributed by atoms with Crippen LogP contribution in [0.25, 0.3) is 0 Å². The highest BCUT2D eigenvalue weighted by Crippen LogP contribution is 2.40. The molecule has 1 saturated carbocycles. The molecule has 5 heteroatoms. The molecule has 2 fully saturated rings. The van der Waals surface area contributed by atoms with Crippen LogP contribution in [0.4, 0.5) is 0 Å². The van der Waals surface area contributed by atoms with Crippen molar-refractivity contribution in [2.24, 2.45) is 5.92 Å². The number of nitrogens with zero attached hydrogens (tertiary/aromatic N) is 2. The van der Waals surface area contributed by atoms with Gasteiger partial charge < -0.3 is 20.2 Å². The van der Waals surface area contributed by atoms with Crippen LogP contribution in [0.1, 0.15) is 32.6 Å². The third-order valence-electron chi connectivity index (χ3n) is 4.86. The average Bonchev–Trinajstić information content (AvgIpc) is 3.15. The van der Waals surface area contributed by atoms with Crippen molar-refractivity contribution in [2.45, 2.75) is 44.2 Å². The minimum atomic E-state index is -0.749. The molecule has 0 aromatic rings. The Hall–Kier alpha value is -0.650. The molecule has 0 radical (unpaired) electrons. The molecule has 0 aromatic heterocycles. The van der Waals surface area contributed by atoms with Crippen molar-refractivity contribution >= 4 is 5.97 Å². The lowest BCUT2D eigenvalue weighted by Crippen LogP contribution is -2.61. The van der Waals surface area contributed by atoms with E-state index in [-0.39, 0.29) is 0 Å². The molecule has 2 N–H and O–H groups in total. The van der Waals surface area contributed by atoms with Crippen molar-refractivity contribution in [2.75, 3.05) is 40.3 Å². The van der Waals surface area contributed by atoms with Crippen LogP contribution >= 0.6 is 0 Å². The van der Waals surface area contributed by atoms with Crippen LogP contribution in [0.2, 0.25) is 0 Å². The Morgan fingerprint density at radius 3 is 2.60 bits per heavy atom. The predicted molar refractivity (Wildman–Crippen MR) is 79.9 cm³/mol. The molecule has 20 heavy (non-hydrogen) atoms. The number of hydrogen-bond acceptors (Lipinski definition) is 4. The summed E-state index contributed by atoms with van der Waals surface area (Å²) in [5.74, 6) is -0.391. The summed E-state index contributed by atoms with van der Waals surface area (Å²) in [7, 11) is 4.23. The van der Waals surface area contributed by atoms with Gasteiger partial charge in [-0.25, -0.2) is 0 Å². The Morgan fingerprint density at radius 1 is 1.45 bits per heavy atom. The van der Waals surface area contributed by atoms with Crippen LogP contribution in [0.5, 0.6) is 0 Å². The lowest BCUT2D eigenvalue weighted by Gasteiger charge is -2.36. The number of likely N-dealkylation sites (N-methyl/N-ethyl adjacent to an activating group) is 3. The highest BCUT2D eigenvalue weighted by Gasteiger charge is 2.51. The zero-order chi connectivity index (χ0) is 14.8. The van der Waals surface area contributed by atoms with Gasteiger partial charge in [0.2, 0.25) is 0 Å². The number of likely N-dealkylation sites (tertiary alicyclic amines) is 1. The topological polar surface area (TPSA) is 55.8 Å². The molecule has 1 saturated heterocycles. The number of aliphatic carboxylic acids is 1. The fourth-order valence-corrected chi connectivity index (χ4v) is 3.60. The van der Waals surface area contributed by atoms with Crippen molar-refractivity contribution in [3.63, 3.8) is 0 Å². The molecule has 0 spiro atoms. The van der Waals surface area contributed by atoms with E-state index in [0.29, 0.717) is 25.0 Å². The minimum Gasteiger partial charge on any atom is -0.480 e. The minimum absolute atomic E-state index is 0.295. The van der Waals surface area contributed by atoms with Crippen molar-refractivity contribution in [3.05, 3.63) is 0 Å². The van der Waals surface area contributed by atoms with Crippen molar-refractivity contribution < 1.29 is 9.90 Å². The number of rotatable bonds is 8. The maximum absolute atomic E-state index is 11.8.